The molecule has 0 aliphatic carbocycles. The van der Waals surface area contributed by atoms with Crippen molar-refractivity contribution in [1.29, 1.82) is 0 Å². The van der Waals surface area contributed by atoms with Gasteiger partial charge in [-0.3, -0.25) is 5.43 Å². The molecule has 33 heavy (non-hydrogen) atoms. The maximum Gasteiger partial charge on any atom is 0.343 e. The number of nitrogens with one attached hydrogen (secondary N) is 1. The Bertz CT molecular complexity index is 1250. The van der Waals surface area contributed by atoms with Crippen LogP contribution in [-0.4, -0.2) is 23.8 Å². The van der Waals surface area contributed by atoms with Crippen molar-refractivity contribution < 1.29 is 14.3 Å². The van der Waals surface area contributed by atoms with Crippen LogP contribution in [0.5, 0.6) is 11.5 Å². The largest absolute Gasteiger partial charge is 0.490 e. The predicted octanol–water partition coefficient (Wildman–Crippen LogP) is 6.18. The van der Waals surface area contributed by atoms with Crippen LogP contribution >= 0.6 is 11.3 Å². The fourth-order valence-corrected chi connectivity index (χ4v) is 3.70. The van der Waals surface area contributed by atoms with Gasteiger partial charge < -0.3 is 9.47 Å². The van der Waals surface area contributed by atoms with Crippen LogP contribution in [-0.2, 0) is 0 Å². The highest BCUT2D eigenvalue weighted by atomic mass is 32.1. The van der Waals surface area contributed by atoms with Crippen molar-refractivity contribution in [1.82, 2.24) is 4.98 Å². The number of aromatic nitrogens is 1. The molecule has 0 radical (unpaired) electrons. The summed E-state index contributed by atoms with van der Waals surface area (Å²) in [6, 6.07) is 22.5. The molecular formula is C26H23N3O3S. The number of thiazole rings is 1. The molecule has 0 aliphatic heterocycles. The van der Waals surface area contributed by atoms with E-state index in [-0.39, 0.29) is 0 Å². The third-order valence-corrected chi connectivity index (χ3v) is 5.45. The monoisotopic (exact) mass is 457 g/mol. The molecule has 166 valence electrons. The fraction of sp³-hybridized carbons (Fsp3) is 0.115. The molecule has 3 aromatic carbocycles. The molecule has 0 saturated heterocycles. The second-order valence-electron chi connectivity index (χ2n) is 7.17. The van der Waals surface area contributed by atoms with Crippen LogP contribution in [0.3, 0.4) is 0 Å². The molecule has 0 aliphatic rings. The van der Waals surface area contributed by atoms with Crippen molar-refractivity contribution in [3.8, 4) is 22.8 Å². The van der Waals surface area contributed by atoms with Crippen LogP contribution in [0, 0.1) is 6.92 Å². The van der Waals surface area contributed by atoms with E-state index in [4.69, 9.17) is 9.47 Å². The van der Waals surface area contributed by atoms with Crippen molar-refractivity contribution in [2.75, 3.05) is 12.0 Å². The smallest absolute Gasteiger partial charge is 0.343 e. The van der Waals surface area contributed by atoms with Crippen molar-refractivity contribution in [3.05, 3.63) is 94.9 Å². The number of hydrazone groups is 1. The van der Waals surface area contributed by atoms with Gasteiger partial charge in [-0.2, -0.15) is 5.10 Å². The van der Waals surface area contributed by atoms with Gasteiger partial charge >= 0.3 is 5.97 Å². The molecular weight excluding hydrogens is 434 g/mol. The van der Waals surface area contributed by atoms with Gasteiger partial charge in [-0.15, -0.1) is 11.3 Å². The summed E-state index contributed by atoms with van der Waals surface area (Å²) in [4.78, 5) is 17.0. The van der Waals surface area contributed by atoms with Gasteiger partial charge in [0.1, 0.15) is 0 Å². The van der Waals surface area contributed by atoms with Crippen LogP contribution in [0.25, 0.3) is 11.3 Å². The zero-order chi connectivity index (χ0) is 23.0. The molecule has 0 saturated carbocycles. The van der Waals surface area contributed by atoms with Crippen LogP contribution in [0.2, 0.25) is 0 Å². The molecule has 0 spiro atoms. The standard InChI is InChI=1S/C26H23N3O3S/c1-3-31-24-15-19(11-14-23(24)32-25(30)21-12-9-18(2)10-13-21)16-27-29-26-28-22(17-33-26)20-7-5-4-6-8-20/h4-17H,3H2,1-2H3,(H,28,29). The first-order valence-corrected chi connectivity index (χ1v) is 11.4. The molecule has 0 bridgehead atoms. The first kappa shape index (κ1) is 22.2. The number of ether oxygens (including phenoxy) is 2. The minimum Gasteiger partial charge on any atom is -0.490 e. The molecule has 1 aromatic heterocycles. The van der Waals surface area contributed by atoms with Gasteiger partial charge in [0, 0.05) is 10.9 Å². The highest BCUT2D eigenvalue weighted by Gasteiger charge is 2.13. The predicted molar refractivity (Wildman–Crippen MR) is 133 cm³/mol. The summed E-state index contributed by atoms with van der Waals surface area (Å²) in [5.74, 6) is 0.402. The number of hydrogen-bond donors (Lipinski definition) is 1. The quantitative estimate of drug-likeness (QED) is 0.148. The third-order valence-electron chi connectivity index (χ3n) is 4.71. The second-order valence-corrected chi connectivity index (χ2v) is 8.03. The van der Waals surface area contributed by atoms with Crippen molar-refractivity contribution in [2.24, 2.45) is 5.10 Å². The molecule has 0 fully saturated rings. The maximum absolute atomic E-state index is 12.5. The Morgan fingerprint density at radius 2 is 1.85 bits per heavy atom. The van der Waals surface area contributed by atoms with E-state index in [9.17, 15) is 4.79 Å². The van der Waals surface area contributed by atoms with Crippen LogP contribution in [0.4, 0.5) is 5.13 Å². The van der Waals surface area contributed by atoms with E-state index in [1.165, 1.54) is 11.3 Å². The van der Waals surface area contributed by atoms with Crippen LogP contribution in [0.1, 0.15) is 28.4 Å². The minimum absolute atomic E-state index is 0.361. The van der Waals surface area contributed by atoms with E-state index in [0.717, 1.165) is 22.4 Å². The molecule has 7 heteroatoms. The molecule has 1 heterocycles. The normalized spacial score (nSPS) is 10.8. The number of carbonyl (C=O) groups is 1. The Morgan fingerprint density at radius 3 is 2.61 bits per heavy atom. The SMILES string of the molecule is CCOc1cc(C=NNc2nc(-c3ccccc3)cs2)ccc1OC(=O)c1ccc(C)cc1. The van der Waals surface area contributed by atoms with E-state index in [1.807, 2.05) is 67.8 Å². The molecule has 1 N–H and O–H groups in total. The van der Waals surface area contributed by atoms with Crippen molar-refractivity contribution in [2.45, 2.75) is 13.8 Å². The number of nitrogens with zero attached hydrogens (tertiary/aromatic N) is 2. The highest BCUT2D eigenvalue weighted by Crippen LogP contribution is 2.29. The zero-order valence-electron chi connectivity index (χ0n) is 18.3. The average molecular weight is 458 g/mol. The lowest BCUT2D eigenvalue weighted by molar-refractivity contribution is 0.0728. The van der Waals surface area contributed by atoms with Gasteiger partial charge in [0.2, 0.25) is 5.13 Å². The lowest BCUT2D eigenvalue weighted by Gasteiger charge is -2.11. The number of hydrogen-bond acceptors (Lipinski definition) is 7. The lowest BCUT2D eigenvalue weighted by atomic mass is 10.1. The topological polar surface area (TPSA) is 72.8 Å². The fourth-order valence-electron chi connectivity index (χ4n) is 3.03. The number of benzene rings is 3. The third kappa shape index (κ3) is 5.84. The zero-order valence-corrected chi connectivity index (χ0v) is 19.1. The number of esters is 1. The first-order chi connectivity index (χ1) is 16.1. The lowest BCUT2D eigenvalue weighted by Crippen LogP contribution is -2.09. The number of carbonyl (C=O) groups excluding carboxylic acids is 1. The molecule has 6 nitrogen and oxygen atoms in total. The average Bonchev–Trinajstić information content (AvgIpc) is 3.31. The molecule has 0 amide bonds. The van der Waals surface area contributed by atoms with E-state index >= 15 is 0 Å². The Kier molecular flexibility index (Phi) is 7.12. The number of aryl methyl sites for hydroxylation is 1. The van der Waals surface area contributed by atoms with Crippen molar-refractivity contribution >= 4 is 28.7 Å². The van der Waals surface area contributed by atoms with E-state index in [2.05, 4.69) is 15.5 Å². The molecule has 4 rings (SSSR count). The Balaban J connectivity index is 1.43. The van der Waals surface area contributed by atoms with Gasteiger partial charge in [0.15, 0.2) is 11.5 Å². The Hall–Kier alpha value is -3.97. The second kappa shape index (κ2) is 10.6. The van der Waals surface area contributed by atoms with Gasteiger partial charge in [-0.25, -0.2) is 9.78 Å². The van der Waals surface area contributed by atoms with E-state index < -0.39 is 5.97 Å². The first-order valence-electron chi connectivity index (χ1n) is 10.5. The summed E-state index contributed by atoms with van der Waals surface area (Å²) >= 11 is 1.48. The Labute approximate surface area is 196 Å². The van der Waals surface area contributed by atoms with Gasteiger partial charge in [0.25, 0.3) is 0 Å². The summed E-state index contributed by atoms with van der Waals surface area (Å²) in [6.07, 6.45) is 1.66. The molecule has 4 aromatic rings. The molecule has 0 unspecified atom stereocenters. The summed E-state index contributed by atoms with van der Waals surface area (Å²) < 4.78 is 11.2. The van der Waals surface area contributed by atoms with Gasteiger partial charge in [-0.05, 0) is 49.7 Å². The van der Waals surface area contributed by atoms with E-state index in [1.54, 1.807) is 30.5 Å². The van der Waals surface area contributed by atoms with Crippen LogP contribution in [0.15, 0.2) is 83.3 Å². The highest BCUT2D eigenvalue weighted by molar-refractivity contribution is 7.14. The molecule has 0 atom stereocenters. The van der Waals surface area contributed by atoms with Gasteiger partial charge in [0.05, 0.1) is 24.1 Å². The minimum atomic E-state index is -0.433. The maximum atomic E-state index is 12.5. The number of rotatable bonds is 8. The number of anilines is 1. The van der Waals surface area contributed by atoms with Gasteiger partial charge in [-0.1, -0.05) is 48.0 Å². The summed E-state index contributed by atoms with van der Waals surface area (Å²) in [5.41, 5.74) is 7.27. The van der Waals surface area contributed by atoms with Crippen LogP contribution < -0.4 is 14.9 Å². The Morgan fingerprint density at radius 1 is 1.06 bits per heavy atom. The summed E-state index contributed by atoms with van der Waals surface area (Å²) in [5, 5.41) is 6.95. The summed E-state index contributed by atoms with van der Waals surface area (Å²) in [6.45, 7) is 4.28. The van der Waals surface area contributed by atoms with E-state index in [0.29, 0.717) is 28.8 Å². The van der Waals surface area contributed by atoms with Crippen molar-refractivity contribution in [3.63, 3.8) is 0 Å². The summed E-state index contributed by atoms with van der Waals surface area (Å²) in [7, 11) is 0.